The highest BCUT2D eigenvalue weighted by Crippen LogP contribution is 2.27. The van der Waals surface area contributed by atoms with Gasteiger partial charge in [-0.2, -0.15) is 0 Å². The molecule has 0 saturated carbocycles. The quantitative estimate of drug-likeness (QED) is 0.592. The molecule has 4 rings (SSSR count). The Morgan fingerprint density at radius 3 is 2.90 bits per heavy atom. The van der Waals surface area contributed by atoms with Gasteiger partial charge >= 0.3 is 0 Å². The third kappa shape index (κ3) is 4.95. The first-order valence-electron chi connectivity index (χ1n) is 9.97. The van der Waals surface area contributed by atoms with Gasteiger partial charge < -0.3 is 20.0 Å². The average molecular weight is 441 g/mol. The van der Waals surface area contributed by atoms with Crippen molar-refractivity contribution < 1.29 is 14.0 Å². The number of halogens is 1. The molecule has 1 aliphatic heterocycles. The number of pyridine rings is 1. The van der Waals surface area contributed by atoms with E-state index in [0.717, 1.165) is 39.8 Å². The lowest BCUT2D eigenvalue weighted by Gasteiger charge is -2.14. The zero-order valence-corrected chi connectivity index (χ0v) is 18.3. The van der Waals surface area contributed by atoms with Crippen LogP contribution in [0.3, 0.4) is 0 Å². The van der Waals surface area contributed by atoms with Crippen molar-refractivity contribution in [1.82, 2.24) is 15.2 Å². The number of rotatable bonds is 5. The lowest BCUT2D eigenvalue weighted by molar-refractivity contribution is -0.125. The van der Waals surface area contributed by atoms with E-state index in [9.17, 15) is 9.59 Å². The molecule has 0 saturated heterocycles. The first kappa shape index (κ1) is 22.5. The largest absolute Gasteiger partial charge is 0.459 e. The third-order valence-electron chi connectivity index (χ3n) is 5.16. The minimum absolute atomic E-state index is 0. The summed E-state index contributed by atoms with van der Waals surface area (Å²) in [7, 11) is 1.76. The number of para-hydroxylation sites is 1. The van der Waals surface area contributed by atoms with E-state index in [2.05, 4.69) is 22.5 Å². The van der Waals surface area contributed by atoms with E-state index < -0.39 is 0 Å². The van der Waals surface area contributed by atoms with Crippen LogP contribution in [0.2, 0.25) is 0 Å². The van der Waals surface area contributed by atoms with Crippen LogP contribution in [0, 0.1) is 0 Å². The minimum Gasteiger partial charge on any atom is -0.459 e. The normalized spacial score (nSPS) is 13.4. The van der Waals surface area contributed by atoms with Crippen LogP contribution in [-0.2, 0) is 29.1 Å². The number of aromatic nitrogens is 1. The second-order valence-corrected chi connectivity index (χ2v) is 7.31. The van der Waals surface area contributed by atoms with Crippen molar-refractivity contribution in [3.8, 4) is 0 Å². The van der Waals surface area contributed by atoms with E-state index in [-0.39, 0.29) is 30.8 Å². The van der Waals surface area contributed by atoms with Gasteiger partial charge in [0.25, 0.3) is 0 Å². The summed E-state index contributed by atoms with van der Waals surface area (Å²) in [4.78, 5) is 30.2. The summed E-state index contributed by atoms with van der Waals surface area (Å²) >= 11 is 0. The van der Waals surface area contributed by atoms with Gasteiger partial charge in [0.05, 0.1) is 13.1 Å². The highest BCUT2D eigenvalue weighted by molar-refractivity contribution is 5.93. The zero-order valence-electron chi connectivity index (χ0n) is 17.5. The molecule has 2 aromatic heterocycles. The molecule has 0 atom stereocenters. The molecular weight excluding hydrogens is 416 g/mol. The summed E-state index contributed by atoms with van der Waals surface area (Å²) in [5.41, 5.74) is 3.67. The SMILES string of the molecule is CCc1c(CN(C)C(=O)C=Cc2cnc3c(c2)CNCC(=O)N3)oc2ccccc12.Cl. The number of fused-ring (bicyclic) bond motifs is 2. The van der Waals surface area contributed by atoms with Crippen molar-refractivity contribution in [2.75, 3.05) is 18.9 Å². The number of nitrogens with zero attached hydrogens (tertiary/aromatic N) is 2. The van der Waals surface area contributed by atoms with Crippen LogP contribution in [0.15, 0.2) is 47.0 Å². The predicted octanol–water partition coefficient (Wildman–Crippen LogP) is 3.53. The molecule has 1 aliphatic rings. The summed E-state index contributed by atoms with van der Waals surface area (Å²) in [6, 6.07) is 9.85. The maximum Gasteiger partial charge on any atom is 0.246 e. The van der Waals surface area contributed by atoms with Gasteiger partial charge in [0.1, 0.15) is 17.2 Å². The van der Waals surface area contributed by atoms with Gasteiger partial charge in [0.15, 0.2) is 0 Å². The van der Waals surface area contributed by atoms with Crippen LogP contribution in [-0.4, -0.2) is 35.3 Å². The van der Waals surface area contributed by atoms with Crippen molar-refractivity contribution in [1.29, 1.82) is 0 Å². The number of furan rings is 1. The number of aryl methyl sites for hydroxylation is 1. The number of amides is 2. The van der Waals surface area contributed by atoms with Crippen molar-refractivity contribution >= 4 is 47.1 Å². The smallest absolute Gasteiger partial charge is 0.246 e. The summed E-state index contributed by atoms with van der Waals surface area (Å²) in [5, 5.41) is 6.91. The Hall–Kier alpha value is -3.16. The number of carbonyl (C=O) groups is 2. The third-order valence-corrected chi connectivity index (χ3v) is 5.16. The summed E-state index contributed by atoms with van der Waals surface area (Å²) in [6.45, 7) is 3.29. The van der Waals surface area contributed by atoms with Gasteiger partial charge in [0.2, 0.25) is 11.8 Å². The first-order valence-corrected chi connectivity index (χ1v) is 9.97. The van der Waals surface area contributed by atoms with E-state index in [0.29, 0.717) is 18.9 Å². The molecule has 3 heterocycles. The number of anilines is 1. The fourth-order valence-electron chi connectivity index (χ4n) is 3.61. The van der Waals surface area contributed by atoms with Crippen molar-refractivity contribution in [3.05, 3.63) is 65.1 Å². The maximum absolute atomic E-state index is 12.6. The minimum atomic E-state index is -0.126. The number of hydrogen-bond acceptors (Lipinski definition) is 5. The number of benzene rings is 1. The molecular formula is C23H25ClN4O3. The van der Waals surface area contributed by atoms with E-state index in [1.165, 1.54) is 6.08 Å². The summed E-state index contributed by atoms with van der Waals surface area (Å²) < 4.78 is 5.99. The van der Waals surface area contributed by atoms with Crippen LogP contribution in [0.1, 0.15) is 29.4 Å². The molecule has 0 spiro atoms. The Bertz CT molecular complexity index is 1140. The molecule has 0 fully saturated rings. The fourth-order valence-corrected chi connectivity index (χ4v) is 3.61. The van der Waals surface area contributed by atoms with E-state index in [4.69, 9.17) is 4.42 Å². The van der Waals surface area contributed by atoms with Gasteiger partial charge in [0, 0.05) is 42.4 Å². The predicted molar refractivity (Wildman–Crippen MR) is 123 cm³/mol. The van der Waals surface area contributed by atoms with Crippen LogP contribution in [0.5, 0.6) is 0 Å². The summed E-state index contributed by atoms with van der Waals surface area (Å²) in [6.07, 6.45) is 5.75. The molecule has 31 heavy (non-hydrogen) atoms. The van der Waals surface area contributed by atoms with Gasteiger partial charge in [-0.15, -0.1) is 12.4 Å². The Balaban J connectivity index is 0.00000272. The Morgan fingerprint density at radius 2 is 2.10 bits per heavy atom. The van der Waals surface area contributed by atoms with Crippen LogP contribution < -0.4 is 10.6 Å². The highest BCUT2D eigenvalue weighted by atomic mass is 35.5. The van der Waals surface area contributed by atoms with Crippen molar-refractivity contribution in [3.63, 3.8) is 0 Å². The number of carbonyl (C=O) groups excluding carboxylic acids is 2. The Morgan fingerprint density at radius 1 is 1.29 bits per heavy atom. The molecule has 2 amide bonds. The van der Waals surface area contributed by atoms with E-state index >= 15 is 0 Å². The molecule has 1 aromatic carbocycles. The summed E-state index contributed by atoms with van der Waals surface area (Å²) in [5.74, 6) is 1.14. The van der Waals surface area contributed by atoms with Gasteiger partial charge in [-0.3, -0.25) is 9.59 Å². The lowest BCUT2D eigenvalue weighted by Crippen LogP contribution is -2.24. The van der Waals surface area contributed by atoms with Crippen molar-refractivity contribution in [2.45, 2.75) is 26.4 Å². The van der Waals surface area contributed by atoms with Crippen LogP contribution in [0.4, 0.5) is 5.82 Å². The molecule has 3 aromatic rings. The molecule has 0 unspecified atom stereocenters. The maximum atomic E-state index is 12.6. The Kier molecular flexibility index (Phi) is 7.09. The Labute approximate surface area is 186 Å². The standard InChI is InChI=1S/C23H24N4O3.ClH/c1-3-17-18-6-4-5-7-19(18)30-20(17)14-27(2)22(29)9-8-15-10-16-12-24-13-21(28)26-23(16)25-11-15;/h4-11,24H,3,12-14H2,1-2H3,(H,25,26,28);1H. The second-order valence-electron chi connectivity index (χ2n) is 7.31. The van der Waals surface area contributed by atoms with Gasteiger partial charge in [-0.1, -0.05) is 25.1 Å². The molecule has 2 N–H and O–H groups in total. The fraction of sp³-hybridized carbons (Fsp3) is 0.261. The number of nitrogens with one attached hydrogen (secondary N) is 2. The highest BCUT2D eigenvalue weighted by Gasteiger charge is 2.16. The van der Waals surface area contributed by atoms with Crippen LogP contribution >= 0.6 is 12.4 Å². The monoisotopic (exact) mass is 440 g/mol. The molecule has 7 nitrogen and oxygen atoms in total. The molecule has 162 valence electrons. The molecule has 0 bridgehead atoms. The first-order chi connectivity index (χ1) is 14.5. The zero-order chi connectivity index (χ0) is 21.1. The molecule has 0 radical (unpaired) electrons. The lowest BCUT2D eigenvalue weighted by atomic mass is 10.1. The van der Waals surface area contributed by atoms with Gasteiger partial charge in [-0.25, -0.2) is 4.98 Å². The molecule has 8 heteroatoms. The second kappa shape index (κ2) is 9.76. The van der Waals surface area contributed by atoms with Crippen LogP contribution in [0.25, 0.3) is 17.0 Å². The van der Waals surface area contributed by atoms with E-state index in [1.807, 2.05) is 30.3 Å². The topological polar surface area (TPSA) is 87.5 Å². The van der Waals surface area contributed by atoms with E-state index in [1.54, 1.807) is 24.2 Å². The average Bonchev–Trinajstić information content (AvgIpc) is 2.98. The van der Waals surface area contributed by atoms with Crippen molar-refractivity contribution in [2.24, 2.45) is 0 Å². The molecule has 0 aliphatic carbocycles. The number of likely N-dealkylation sites (N-methyl/N-ethyl adjacent to an activating group) is 1. The van der Waals surface area contributed by atoms with Gasteiger partial charge in [-0.05, 0) is 30.2 Å². The number of hydrogen-bond donors (Lipinski definition) is 2.